The molecular formula is C14H19NO3. The molecule has 1 rings (SSSR count). The number of hydrogen-bond acceptors (Lipinski definition) is 4. The number of methoxy groups -OCH3 is 2. The number of nitriles is 1. The van der Waals surface area contributed by atoms with E-state index >= 15 is 0 Å². The van der Waals surface area contributed by atoms with Gasteiger partial charge in [0.2, 0.25) is 0 Å². The van der Waals surface area contributed by atoms with E-state index in [1.54, 1.807) is 34.1 Å². The lowest BCUT2D eigenvalue weighted by molar-refractivity contribution is 0.0276. The maximum absolute atomic E-state index is 10.2. The van der Waals surface area contributed by atoms with Crippen molar-refractivity contribution in [2.45, 2.75) is 25.9 Å². The molecule has 98 valence electrons. The molecule has 0 bridgehead atoms. The Bertz CT molecular complexity index is 449. The second-order valence-electron chi connectivity index (χ2n) is 4.57. The summed E-state index contributed by atoms with van der Waals surface area (Å²) >= 11 is 0. The summed E-state index contributed by atoms with van der Waals surface area (Å²) in [6.07, 6.45) is 0.391. The van der Waals surface area contributed by atoms with E-state index in [1.165, 1.54) is 0 Å². The third-order valence-electron chi connectivity index (χ3n) is 3.14. The van der Waals surface area contributed by atoms with E-state index in [0.717, 1.165) is 5.56 Å². The molecule has 0 aliphatic rings. The summed E-state index contributed by atoms with van der Waals surface area (Å²) in [5, 5.41) is 19.1. The molecule has 0 aliphatic carbocycles. The Hall–Kier alpha value is -1.73. The molecule has 0 radical (unpaired) electrons. The highest BCUT2D eigenvalue weighted by Gasteiger charge is 2.28. The van der Waals surface area contributed by atoms with Crippen LogP contribution in [0.5, 0.6) is 11.5 Å². The van der Waals surface area contributed by atoms with E-state index in [0.29, 0.717) is 17.9 Å². The zero-order chi connectivity index (χ0) is 13.8. The van der Waals surface area contributed by atoms with Gasteiger partial charge in [-0.05, 0) is 31.5 Å². The standard InChI is InChI=1S/C14H19NO3/c1-10(9-15)14(2,16)8-11-5-6-12(17-3)13(7-11)18-4/h5-7,10,16H,8H2,1-4H3. The monoisotopic (exact) mass is 249 g/mol. The van der Waals surface area contributed by atoms with Gasteiger partial charge in [-0.25, -0.2) is 0 Å². The molecule has 0 saturated carbocycles. The Kier molecular flexibility index (Phi) is 4.57. The lowest BCUT2D eigenvalue weighted by Gasteiger charge is -2.26. The Morgan fingerprint density at radius 3 is 2.44 bits per heavy atom. The van der Waals surface area contributed by atoms with Crippen molar-refractivity contribution in [1.29, 1.82) is 5.26 Å². The van der Waals surface area contributed by atoms with Crippen molar-refractivity contribution in [2.75, 3.05) is 14.2 Å². The van der Waals surface area contributed by atoms with Gasteiger partial charge in [-0.1, -0.05) is 6.07 Å². The van der Waals surface area contributed by atoms with Crippen molar-refractivity contribution in [3.05, 3.63) is 23.8 Å². The minimum Gasteiger partial charge on any atom is -0.493 e. The molecule has 0 saturated heterocycles. The number of rotatable bonds is 5. The van der Waals surface area contributed by atoms with E-state index in [4.69, 9.17) is 14.7 Å². The maximum Gasteiger partial charge on any atom is 0.160 e. The van der Waals surface area contributed by atoms with Gasteiger partial charge in [-0.15, -0.1) is 0 Å². The van der Waals surface area contributed by atoms with Crippen LogP contribution in [0, 0.1) is 17.2 Å². The fourth-order valence-corrected chi connectivity index (χ4v) is 1.70. The highest BCUT2D eigenvalue weighted by atomic mass is 16.5. The average Bonchev–Trinajstić information content (AvgIpc) is 2.36. The number of ether oxygens (including phenoxy) is 2. The first-order valence-electron chi connectivity index (χ1n) is 5.77. The third kappa shape index (κ3) is 3.14. The van der Waals surface area contributed by atoms with Crippen LogP contribution in [0.15, 0.2) is 18.2 Å². The maximum atomic E-state index is 10.2. The van der Waals surface area contributed by atoms with Crippen LogP contribution < -0.4 is 9.47 Å². The van der Waals surface area contributed by atoms with Gasteiger partial charge >= 0.3 is 0 Å². The summed E-state index contributed by atoms with van der Waals surface area (Å²) < 4.78 is 10.4. The van der Waals surface area contributed by atoms with Crippen LogP contribution in [0.3, 0.4) is 0 Å². The van der Waals surface area contributed by atoms with Crippen LogP contribution in [0.4, 0.5) is 0 Å². The summed E-state index contributed by atoms with van der Waals surface area (Å²) in [4.78, 5) is 0. The van der Waals surface area contributed by atoms with Crippen molar-refractivity contribution < 1.29 is 14.6 Å². The smallest absolute Gasteiger partial charge is 0.160 e. The topological polar surface area (TPSA) is 62.5 Å². The van der Waals surface area contributed by atoms with E-state index in [2.05, 4.69) is 6.07 Å². The molecule has 1 aromatic rings. The minimum absolute atomic E-state index is 0.391. The first kappa shape index (κ1) is 14.3. The van der Waals surface area contributed by atoms with E-state index in [9.17, 15) is 5.11 Å². The molecule has 1 aromatic carbocycles. The molecule has 0 heterocycles. The van der Waals surface area contributed by atoms with Crippen LogP contribution in [-0.2, 0) is 6.42 Å². The van der Waals surface area contributed by atoms with Crippen molar-refractivity contribution in [2.24, 2.45) is 5.92 Å². The predicted octanol–water partition coefficient (Wildman–Crippen LogP) is 2.16. The average molecular weight is 249 g/mol. The molecular weight excluding hydrogens is 230 g/mol. The van der Waals surface area contributed by atoms with E-state index < -0.39 is 11.5 Å². The molecule has 2 unspecified atom stereocenters. The molecule has 0 fully saturated rings. The summed E-state index contributed by atoms with van der Waals surface area (Å²) in [6, 6.07) is 7.54. The summed E-state index contributed by atoms with van der Waals surface area (Å²) in [5.41, 5.74) is -0.159. The quantitative estimate of drug-likeness (QED) is 0.868. The van der Waals surface area contributed by atoms with Gasteiger partial charge in [-0.3, -0.25) is 0 Å². The zero-order valence-electron chi connectivity index (χ0n) is 11.2. The van der Waals surface area contributed by atoms with Crippen molar-refractivity contribution >= 4 is 0 Å². The van der Waals surface area contributed by atoms with Crippen molar-refractivity contribution in [1.82, 2.24) is 0 Å². The predicted molar refractivity (Wildman–Crippen MR) is 68.7 cm³/mol. The normalized spacial score (nSPS) is 15.3. The Morgan fingerprint density at radius 1 is 1.33 bits per heavy atom. The van der Waals surface area contributed by atoms with Crippen LogP contribution in [0.1, 0.15) is 19.4 Å². The number of aliphatic hydroxyl groups is 1. The largest absolute Gasteiger partial charge is 0.493 e. The van der Waals surface area contributed by atoms with Gasteiger partial charge in [0.15, 0.2) is 11.5 Å². The fraction of sp³-hybridized carbons (Fsp3) is 0.500. The van der Waals surface area contributed by atoms with E-state index in [-0.39, 0.29) is 0 Å². The van der Waals surface area contributed by atoms with Gasteiger partial charge < -0.3 is 14.6 Å². The van der Waals surface area contributed by atoms with Gasteiger partial charge in [0, 0.05) is 6.42 Å². The number of benzene rings is 1. The molecule has 18 heavy (non-hydrogen) atoms. The molecule has 4 nitrogen and oxygen atoms in total. The van der Waals surface area contributed by atoms with Gasteiger partial charge in [0.05, 0.1) is 31.8 Å². The second kappa shape index (κ2) is 5.74. The SMILES string of the molecule is COc1ccc(CC(C)(O)C(C)C#N)cc1OC. The first-order chi connectivity index (χ1) is 8.44. The molecule has 0 aromatic heterocycles. The van der Waals surface area contributed by atoms with Crippen LogP contribution >= 0.6 is 0 Å². The number of hydrogen-bond donors (Lipinski definition) is 1. The molecule has 0 aliphatic heterocycles. The Morgan fingerprint density at radius 2 is 1.94 bits per heavy atom. The molecule has 4 heteroatoms. The Balaban J connectivity index is 2.96. The van der Waals surface area contributed by atoms with Gasteiger partial charge in [-0.2, -0.15) is 5.26 Å². The van der Waals surface area contributed by atoms with Crippen LogP contribution in [-0.4, -0.2) is 24.9 Å². The van der Waals surface area contributed by atoms with Crippen LogP contribution in [0.2, 0.25) is 0 Å². The number of nitrogens with zero attached hydrogens (tertiary/aromatic N) is 1. The zero-order valence-corrected chi connectivity index (χ0v) is 11.2. The van der Waals surface area contributed by atoms with E-state index in [1.807, 2.05) is 12.1 Å². The first-order valence-corrected chi connectivity index (χ1v) is 5.77. The summed E-state index contributed by atoms with van der Waals surface area (Å²) in [5.74, 6) is 0.829. The second-order valence-corrected chi connectivity index (χ2v) is 4.57. The highest BCUT2D eigenvalue weighted by molar-refractivity contribution is 5.43. The molecule has 0 amide bonds. The highest BCUT2D eigenvalue weighted by Crippen LogP contribution is 2.30. The summed E-state index contributed by atoms with van der Waals surface area (Å²) in [6.45, 7) is 3.37. The molecule has 1 N–H and O–H groups in total. The van der Waals surface area contributed by atoms with Gasteiger partial charge in [0.1, 0.15) is 0 Å². The summed E-state index contributed by atoms with van der Waals surface area (Å²) in [7, 11) is 3.14. The third-order valence-corrected chi connectivity index (χ3v) is 3.14. The van der Waals surface area contributed by atoms with Gasteiger partial charge in [0.25, 0.3) is 0 Å². The minimum atomic E-state index is -1.06. The van der Waals surface area contributed by atoms with Crippen molar-refractivity contribution in [3.8, 4) is 17.6 Å². The lowest BCUT2D eigenvalue weighted by atomic mass is 9.86. The van der Waals surface area contributed by atoms with Crippen molar-refractivity contribution in [3.63, 3.8) is 0 Å². The molecule has 2 atom stereocenters. The fourth-order valence-electron chi connectivity index (χ4n) is 1.70. The van der Waals surface area contributed by atoms with Crippen LogP contribution in [0.25, 0.3) is 0 Å². The lowest BCUT2D eigenvalue weighted by Crippen LogP contribution is -2.34. The molecule has 0 spiro atoms. The Labute approximate surface area is 108 Å².